The first-order valence-electron chi connectivity index (χ1n) is 13.7. The third kappa shape index (κ3) is 4.60. The van der Waals surface area contributed by atoms with Crippen molar-refractivity contribution in [3.63, 3.8) is 0 Å². The lowest BCUT2D eigenvalue weighted by atomic mass is 9.85. The number of piperidine rings is 1. The molecule has 7 nitrogen and oxygen atoms in total. The number of aliphatic hydroxyl groups excluding tert-OH is 1. The number of nitrogens with one attached hydrogen (secondary N) is 1. The zero-order valence-electron chi connectivity index (χ0n) is 21.9. The molecule has 1 saturated carbocycles. The second kappa shape index (κ2) is 10.2. The Kier molecular flexibility index (Phi) is 6.89. The highest BCUT2D eigenvalue weighted by molar-refractivity contribution is 6.32. The van der Waals surface area contributed by atoms with Gasteiger partial charge in [-0.1, -0.05) is 31.0 Å². The van der Waals surface area contributed by atoms with E-state index in [4.69, 9.17) is 16.3 Å². The van der Waals surface area contributed by atoms with Crippen molar-refractivity contribution >= 4 is 34.1 Å². The average Bonchev–Trinajstić information content (AvgIpc) is 3.58. The lowest BCUT2D eigenvalue weighted by Gasteiger charge is -2.43. The van der Waals surface area contributed by atoms with Gasteiger partial charge in [-0.25, -0.2) is 4.98 Å². The Hall–Kier alpha value is -2.58. The summed E-state index contributed by atoms with van der Waals surface area (Å²) in [7, 11) is 0. The quantitative estimate of drug-likeness (QED) is 0.463. The molecule has 0 bridgehead atoms. The Bertz CT molecular complexity index is 1330. The van der Waals surface area contributed by atoms with E-state index in [9.17, 15) is 9.90 Å². The maximum atomic E-state index is 13.2. The molecule has 3 fully saturated rings. The molecule has 5 atom stereocenters. The number of halogens is 1. The Morgan fingerprint density at radius 3 is 2.71 bits per heavy atom. The SMILES string of the molecule is CCC1C(C(=O)Nc2cc3cc(C4CCN(C5(C)COCC5O)CC4)c(Cl)cc3cn2)C1c1ccccn1. The molecule has 1 aliphatic carbocycles. The molecule has 2 aliphatic heterocycles. The molecule has 3 aliphatic rings. The van der Waals surface area contributed by atoms with Crippen LogP contribution in [-0.2, 0) is 9.53 Å². The molecule has 6 rings (SSSR count). The van der Waals surface area contributed by atoms with Gasteiger partial charge in [-0.05, 0) is 86.0 Å². The highest BCUT2D eigenvalue weighted by atomic mass is 35.5. The van der Waals surface area contributed by atoms with Crippen LogP contribution in [0.15, 0.2) is 48.8 Å². The predicted octanol–water partition coefficient (Wildman–Crippen LogP) is 4.99. The van der Waals surface area contributed by atoms with Crippen molar-refractivity contribution in [3.05, 3.63) is 65.1 Å². The van der Waals surface area contributed by atoms with Crippen LogP contribution in [0.3, 0.4) is 0 Å². The third-order valence-corrected chi connectivity index (χ3v) is 9.43. The van der Waals surface area contributed by atoms with Gasteiger partial charge in [0, 0.05) is 34.4 Å². The van der Waals surface area contributed by atoms with Crippen molar-refractivity contribution in [1.82, 2.24) is 14.9 Å². The number of rotatable bonds is 6. The molecule has 2 aromatic heterocycles. The van der Waals surface area contributed by atoms with Crippen molar-refractivity contribution in [2.24, 2.45) is 11.8 Å². The molecule has 0 radical (unpaired) electrons. The summed E-state index contributed by atoms with van der Waals surface area (Å²) in [6.07, 6.45) is 6.00. The maximum absolute atomic E-state index is 13.2. The summed E-state index contributed by atoms with van der Waals surface area (Å²) in [5.74, 6) is 1.30. The fourth-order valence-corrected chi connectivity index (χ4v) is 6.97. The molecule has 38 heavy (non-hydrogen) atoms. The van der Waals surface area contributed by atoms with Crippen LogP contribution in [0.4, 0.5) is 5.82 Å². The summed E-state index contributed by atoms with van der Waals surface area (Å²) in [6, 6.07) is 12.0. The highest BCUT2D eigenvalue weighted by Crippen LogP contribution is 2.55. The first kappa shape index (κ1) is 25.7. The Morgan fingerprint density at radius 2 is 2.03 bits per heavy atom. The van der Waals surface area contributed by atoms with Crippen molar-refractivity contribution in [2.75, 3.05) is 31.6 Å². The number of carbonyl (C=O) groups is 1. The zero-order valence-corrected chi connectivity index (χ0v) is 22.7. The lowest BCUT2D eigenvalue weighted by Crippen LogP contribution is -2.56. The summed E-state index contributed by atoms with van der Waals surface area (Å²) < 4.78 is 5.55. The van der Waals surface area contributed by atoms with Gasteiger partial charge in [-0.3, -0.25) is 14.7 Å². The van der Waals surface area contributed by atoms with Gasteiger partial charge in [0.15, 0.2) is 0 Å². The monoisotopic (exact) mass is 534 g/mol. The minimum absolute atomic E-state index is 0.00693. The first-order valence-corrected chi connectivity index (χ1v) is 14.1. The van der Waals surface area contributed by atoms with E-state index < -0.39 is 6.10 Å². The molecular formula is C30H35ClN4O3. The number of fused-ring (bicyclic) bond motifs is 1. The molecule has 2 N–H and O–H groups in total. The van der Waals surface area contributed by atoms with Crippen LogP contribution in [0, 0.1) is 11.8 Å². The van der Waals surface area contributed by atoms with Crippen LogP contribution < -0.4 is 5.32 Å². The number of aliphatic hydroxyl groups is 1. The second-order valence-corrected chi connectivity index (χ2v) is 11.7. The molecule has 0 spiro atoms. The number of pyridine rings is 2. The van der Waals surface area contributed by atoms with Crippen LogP contribution in [0.25, 0.3) is 10.8 Å². The van der Waals surface area contributed by atoms with Gasteiger partial charge in [0.25, 0.3) is 0 Å². The number of anilines is 1. The van der Waals surface area contributed by atoms with E-state index in [2.05, 4.69) is 40.1 Å². The van der Waals surface area contributed by atoms with E-state index in [-0.39, 0.29) is 23.3 Å². The number of likely N-dealkylation sites (tertiary alicyclic amines) is 1. The molecule has 4 heterocycles. The van der Waals surface area contributed by atoms with E-state index >= 15 is 0 Å². The van der Waals surface area contributed by atoms with Gasteiger partial charge in [0.1, 0.15) is 5.82 Å². The van der Waals surface area contributed by atoms with Gasteiger partial charge in [-0.15, -0.1) is 0 Å². The molecule has 1 aromatic carbocycles. The number of benzene rings is 1. The maximum Gasteiger partial charge on any atom is 0.229 e. The fraction of sp³-hybridized carbons (Fsp3) is 0.500. The molecule has 8 heteroatoms. The molecule has 2 saturated heterocycles. The van der Waals surface area contributed by atoms with Crippen molar-refractivity contribution in [2.45, 2.75) is 56.6 Å². The Balaban J connectivity index is 1.16. The Labute approximate surface area is 228 Å². The summed E-state index contributed by atoms with van der Waals surface area (Å²) >= 11 is 6.75. The number of hydrogen-bond acceptors (Lipinski definition) is 6. The van der Waals surface area contributed by atoms with Gasteiger partial charge in [0.05, 0.1) is 30.8 Å². The summed E-state index contributed by atoms with van der Waals surface area (Å²) in [6.45, 7) is 6.99. The smallest absolute Gasteiger partial charge is 0.229 e. The number of nitrogens with zero attached hydrogens (tertiary/aromatic N) is 3. The van der Waals surface area contributed by atoms with Crippen molar-refractivity contribution in [3.8, 4) is 0 Å². The van der Waals surface area contributed by atoms with E-state index in [1.165, 1.54) is 0 Å². The van der Waals surface area contributed by atoms with E-state index in [0.29, 0.717) is 30.9 Å². The second-order valence-electron chi connectivity index (χ2n) is 11.3. The minimum atomic E-state index is -0.452. The van der Waals surface area contributed by atoms with E-state index in [1.54, 1.807) is 12.4 Å². The topological polar surface area (TPSA) is 87.6 Å². The number of amides is 1. The van der Waals surface area contributed by atoms with Gasteiger partial charge < -0.3 is 15.2 Å². The summed E-state index contributed by atoms with van der Waals surface area (Å²) in [5, 5.41) is 16.2. The van der Waals surface area contributed by atoms with Crippen LogP contribution >= 0.6 is 11.6 Å². The molecular weight excluding hydrogens is 500 g/mol. The number of hydrogen-bond donors (Lipinski definition) is 2. The molecule has 5 unspecified atom stereocenters. The number of carbonyl (C=O) groups excluding carboxylic acids is 1. The standard InChI is InChI=1S/C30H35ClN4O3/c1-3-21-27(24-6-4-5-9-32-24)28(21)29(37)34-26-14-19-12-22(23(31)13-20(19)15-33-26)18-7-10-35(11-8-18)30(2)17-38-16-25(30)36/h4-6,9,12-15,18,21,25,27-28,36H,3,7-8,10-11,16-17H2,1-2H3,(H,33,34,37). The van der Waals surface area contributed by atoms with E-state index in [0.717, 1.165) is 59.4 Å². The summed E-state index contributed by atoms with van der Waals surface area (Å²) in [5.41, 5.74) is 1.81. The largest absolute Gasteiger partial charge is 0.389 e. The summed E-state index contributed by atoms with van der Waals surface area (Å²) in [4.78, 5) is 24.6. The Morgan fingerprint density at radius 1 is 1.21 bits per heavy atom. The third-order valence-electron chi connectivity index (χ3n) is 9.11. The highest BCUT2D eigenvalue weighted by Gasteiger charge is 2.55. The molecule has 3 aromatic rings. The average molecular weight is 535 g/mol. The van der Waals surface area contributed by atoms with Crippen molar-refractivity contribution < 1.29 is 14.6 Å². The fourth-order valence-electron chi connectivity index (χ4n) is 6.65. The van der Waals surface area contributed by atoms with Crippen LogP contribution in [0.1, 0.15) is 56.2 Å². The van der Waals surface area contributed by atoms with Gasteiger partial charge in [-0.2, -0.15) is 0 Å². The first-order chi connectivity index (χ1) is 18.4. The zero-order chi connectivity index (χ0) is 26.4. The molecule has 200 valence electrons. The van der Waals surface area contributed by atoms with Crippen LogP contribution in [0.5, 0.6) is 0 Å². The number of ether oxygens (including phenoxy) is 1. The normalized spacial score (nSPS) is 30.0. The van der Waals surface area contributed by atoms with Crippen molar-refractivity contribution in [1.29, 1.82) is 0 Å². The van der Waals surface area contributed by atoms with E-state index in [1.807, 2.05) is 30.3 Å². The predicted molar refractivity (Wildman–Crippen MR) is 148 cm³/mol. The van der Waals surface area contributed by atoms with Crippen LogP contribution in [0.2, 0.25) is 5.02 Å². The van der Waals surface area contributed by atoms with Crippen LogP contribution in [-0.4, -0.2) is 63.8 Å². The van der Waals surface area contributed by atoms with Gasteiger partial charge >= 0.3 is 0 Å². The lowest BCUT2D eigenvalue weighted by molar-refractivity contribution is -0.117. The molecule has 1 amide bonds. The number of aromatic nitrogens is 2. The minimum Gasteiger partial charge on any atom is -0.389 e. The van der Waals surface area contributed by atoms with Gasteiger partial charge in [0.2, 0.25) is 5.91 Å².